The van der Waals surface area contributed by atoms with E-state index in [9.17, 15) is 44.3 Å². The number of nitrogens with zero attached hydrogens (tertiary/aromatic N) is 1. The Bertz CT molecular complexity index is 462. The van der Waals surface area contributed by atoms with Gasteiger partial charge in [0, 0.05) is 6.08 Å². The van der Waals surface area contributed by atoms with Crippen molar-refractivity contribution in [2.24, 2.45) is 0 Å². The maximum Gasteiger partial charge on any atom is 0.434 e. The van der Waals surface area contributed by atoms with Crippen LogP contribution in [0.15, 0.2) is 16.8 Å². The van der Waals surface area contributed by atoms with Gasteiger partial charge in [-0.15, -0.1) is 0 Å². The van der Waals surface area contributed by atoms with Crippen molar-refractivity contribution in [3.05, 3.63) is 22.9 Å². The molecule has 0 atom stereocenters. The largest absolute Gasteiger partial charge is 0.434 e. The predicted molar refractivity (Wildman–Crippen MR) is 39.1 cm³/mol. The minimum absolute atomic E-state index is 0.459. The number of carbonyl (C=O) groups is 1. The highest BCUT2D eigenvalue weighted by Crippen LogP contribution is 2.41. The lowest BCUT2D eigenvalue weighted by molar-refractivity contribution is -0.142. The second kappa shape index (κ2) is 4.17. The molecule has 2 nitrogen and oxygen atoms in total. The second-order valence-electron chi connectivity index (χ2n) is 3.13. The third-order valence-electron chi connectivity index (χ3n) is 1.76. The molecule has 1 heterocycles. The number of hydrogen-bond donors (Lipinski definition) is 0. The van der Waals surface area contributed by atoms with Crippen LogP contribution in [0.3, 0.4) is 0 Å². The summed E-state index contributed by atoms with van der Waals surface area (Å²) in [5, 5.41) is 1.93. The van der Waals surface area contributed by atoms with Crippen LogP contribution >= 0.6 is 0 Å². The molecule has 11 heteroatoms. The van der Waals surface area contributed by atoms with Crippen molar-refractivity contribution in [1.29, 1.82) is 0 Å². The maximum absolute atomic E-state index is 12.3. The molecule has 1 aliphatic heterocycles. The second-order valence-corrected chi connectivity index (χ2v) is 3.13. The zero-order valence-electron chi connectivity index (χ0n) is 8.26. The molecule has 0 saturated heterocycles. The topological polar surface area (TPSA) is 31.2 Å². The SMILES string of the molecule is O=C1[N]C(C(F)(F)F)=[C]C(C(F)(F)F)=C1C(F)(F)F. The minimum atomic E-state index is -5.83. The summed E-state index contributed by atoms with van der Waals surface area (Å²) in [6, 6.07) is 0. The Morgan fingerprint density at radius 1 is 0.789 bits per heavy atom. The van der Waals surface area contributed by atoms with Gasteiger partial charge in [0.05, 0.1) is 5.57 Å². The van der Waals surface area contributed by atoms with Crippen LogP contribution in [0.5, 0.6) is 0 Å². The average Bonchev–Trinajstić information content (AvgIpc) is 2.11. The molecule has 2 radical (unpaired) electrons. The smallest absolute Gasteiger partial charge is 0.267 e. The Morgan fingerprint density at radius 3 is 1.58 bits per heavy atom. The molecule has 1 amide bonds. The standard InChI is InChI=1S/C8F9NO/c9-6(10,11)2-1-3(7(12,13)14)18-5(19)4(2)8(15,16)17. The molecule has 0 aromatic rings. The summed E-state index contributed by atoms with van der Waals surface area (Å²) >= 11 is 0. The summed E-state index contributed by atoms with van der Waals surface area (Å²) in [7, 11) is 0. The minimum Gasteiger partial charge on any atom is -0.267 e. The van der Waals surface area contributed by atoms with Crippen LogP contribution in [0.2, 0.25) is 0 Å². The fraction of sp³-hybridized carbons (Fsp3) is 0.375. The third-order valence-corrected chi connectivity index (χ3v) is 1.76. The monoisotopic (exact) mass is 297 g/mol. The van der Waals surface area contributed by atoms with Gasteiger partial charge in [0.2, 0.25) is 0 Å². The van der Waals surface area contributed by atoms with Gasteiger partial charge < -0.3 is 0 Å². The van der Waals surface area contributed by atoms with Crippen LogP contribution in [0.25, 0.3) is 0 Å². The van der Waals surface area contributed by atoms with E-state index in [-0.39, 0.29) is 0 Å². The molecule has 0 fully saturated rings. The molecular weight excluding hydrogens is 297 g/mol. The molecule has 0 aromatic heterocycles. The molecule has 1 rings (SSSR count). The van der Waals surface area contributed by atoms with Crippen LogP contribution in [0.4, 0.5) is 39.5 Å². The van der Waals surface area contributed by atoms with Crippen LogP contribution in [0, 0.1) is 6.08 Å². The number of carbonyl (C=O) groups excluding carboxylic acids is 1. The van der Waals surface area contributed by atoms with E-state index in [4.69, 9.17) is 0 Å². The molecule has 0 aromatic carbocycles. The lowest BCUT2D eigenvalue weighted by atomic mass is 10.0. The predicted octanol–water partition coefficient (Wildman–Crippen LogP) is 2.80. The third kappa shape index (κ3) is 3.20. The summed E-state index contributed by atoms with van der Waals surface area (Å²) in [6.07, 6.45) is -16.7. The molecule has 0 bridgehead atoms. The van der Waals surface area contributed by atoms with Gasteiger partial charge in [0.1, 0.15) is 5.57 Å². The zero-order chi connectivity index (χ0) is 15.2. The number of amides is 1. The first-order valence-electron chi connectivity index (χ1n) is 4.10. The average molecular weight is 297 g/mol. The fourth-order valence-electron chi connectivity index (χ4n) is 1.08. The number of allylic oxidation sites excluding steroid dienone is 3. The van der Waals surface area contributed by atoms with Crippen molar-refractivity contribution in [3.8, 4) is 0 Å². The van der Waals surface area contributed by atoms with Crippen LogP contribution in [-0.4, -0.2) is 24.4 Å². The molecule has 0 unspecified atom stereocenters. The van der Waals surface area contributed by atoms with E-state index in [0.29, 0.717) is 6.08 Å². The maximum atomic E-state index is 12.3. The quantitative estimate of drug-likeness (QED) is 0.633. The zero-order valence-corrected chi connectivity index (χ0v) is 8.26. The molecular formula is C8F9NO. The van der Waals surface area contributed by atoms with Crippen molar-refractivity contribution >= 4 is 5.91 Å². The van der Waals surface area contributed by atoms with Crippen LogP contribution in [0.1, 0.15) is 0 Å². The van der Waals surface area contributed by atoms with E-state index in [0.717, 1.165) is 0 Å². The van der Waals surface area contributed by atoms with Crippen molar-refractivity contribution < 1.29 is 44.3 Å². The van der Waals surface area contributed by atoms with E-state index in [1.54, 1.807) is 0 Å². The number of alkyl halides is 9. The summed E-state index contributed by atoms with van der Waals surface area (Å²) in [6.45, 7) is 0. The van der Waals surface area contributed by atoms with E-state index >= 15 is 0 Å². The lowest BCUT2D eigenvalue weighted by Gasteiger charge is -2.22. The van der Waals surface area contributed by atoms with E-state index in [1.165, 1.54) is 0 Å². The molecule has 0 N–H and O–H groups in total. The van der Waals surface area contributed by atoms with Crippen molar-refractivity contribution in [3.63, 3.8) is 0 Å². The Morgan fingerprint density at radius 2 is 1.26 bits per heavy atom. The Balaban J connectivity index is 3.55. The summed E-state index contributed by atoms with van der Waals surface area (Å²) in [5.74, 6) is -2.66. The van der Waals surface area contributed by atoms with Crippen molar-refractivity contribution in [1.82, 2.24) is 5.32 Å². The van der Waals surface area contributed by atoms with Crippen LogP contribution < -0.4 is 5.32 Å². The molecule has 0 aliphatic carbocycles. The van der Waals surface area contributed by atoms with Gasteiger partial charge in [-0.25, -0.2) is 5.32 Å². The lowest BCUT2D eigenvalue weighted by Crippen LogP contribution is -2.38. The fourth-order valence-corrected chi connectivity index (χ4v) is 1.08. The van der Waals surface area contributed by atoms with Gasteiger partial charge in [0.25, 0.3) is 5.91 Å². The summed E-state index contributed by atoms with van der Waals surface area (Å²) < 4.78 is 110. The molecule has 0 spiro atoms. The van der Waals surface area contributed by atoms with Crippen LogP contribution in [-0.2, 0) is 4.79 Å². The van der Waals surface area contributed by atoms with Gasteiger partial charge in [-0.3, -0.25) is 4.79 Å². The van der Waals surface area contributed by atoms with Gasteiger partial charge in [-0.05, 0) is 0 Å². The van der Waals surface area contributed by atoms with Gasteiger partial charge in [-0.2, -0.15) is 39.5 Å². The molecule has 1 aliphatic rings. The van der Waals surface area contributed by atoms with Gasteiger partial charge in [0.15, 0.2) is 5.70 Å². The van der Waals surface area contributed by atoms with E-state index in [1.807, 2.05) is 5.32 Å². The molecule has 19 heavy (non-hydrogen) atoms. The summed E-state index contributed by atoms with van der Waals surface area (Å²) in [4.78, 5) is 10.7. The summed E-state index contributed by atoms with van der Waals surface area (Å²) in [5.41, 5.74) is -8.13. The number of hydrogen-bond acceptors (Lipinski definition) is 1. The number of halogens is 9. The highest BCUT2D eigenvalue weighted by molar-refractivity contribution is 5.98. The first-order valence-corrected chi connectivity index (χ1v) is 4.10. The Labute approximate surface area is 98.1 Å². The highest BCUT2D eigenvalue weighted by atomic mass is 19.4. The van der Waals surface area contributed by atoms with E-state index < -0.39 is 41.3 Å². The van der Waals surface area contributed by atoms with Crippen molar-refractivity contribution in [2.45, 2.75) is 18.5 Å². The molecule has 106 valence electrons. The Hall–Kier alpha value is -1.68. The number of rotatable bonds is 0. The highest BCUT2D eigenvalue weighted by Gasteiger charge is 2.53. The normalized spacial score (nSPS) is 18.4. The first-order chi connectivity index (χ1) is 8.24. The van der Waals surface area contributed by atoms with Crippen molar-refractivity contribution in [2.75, 3.05) is 0 Å². The Kier molecular flexibility index (Phi) is 3.37. The van der Waals surface area contributed by atoms with Gasteiger partial charge in [-0.1, -0.05) is 0 Å². The van der Waals surface area contributed by atoms with E-state index in [2.05, 4.69) is 0 Å². The van der Waals surface area contributed by atoms with Gasteiger partial charge >= 0.3 is 18.5 Å². The molecule has 0 saturated carbocycles. The first kappa shape index (κ1) is 15.4.